The number of Topliss-reactive ketones (excluding diaryl/α,β-unsaturated/α-hetero) is 2. The van der Waals surface area contributed by atoms with Gasteiger partial charge in [0.15, 0.2) is 0 Å². The van der Waals surface area contributed by atoms with Crippen molar-refractivity contribution in [3.8, 4) is 5.75 Å². The van der Waals surface area contributed by atoms with Crippen LogP contribution in [0.5, 0.6) is 5.75 Å². The number of benzene rings is 5. The van der Waals surface area contributed by atoms with E-state index in [2.05, 4.69) is 31.7 Å². The summed E-state index contributed by atoms with van der Waals surface area (Å²) in [6.07, 6.45) is 1.82. The number of anilines is 4. The zero-order chi connectivity index (χ0) is 43.1. The molecular formula is C38H25N6Na3O13S3. The van der Waals surface area contributed by atoms with Crippen LogP contribution in [0.1, 0.15) is 31.8 Å². The Labute approximate surface area is 425 Å². The smallest absolute Gasteiger partial charge is 0.744 e. The maximum absolute atomic E-state index is 13.6. The maximum atomic E-state index is 13.6. The van der Waals surface area contributed by atoms with Crippen molar-refractivity contribution < 1.29 is 147 Å². The standard InChI is InChI=1S/C38H28N6O13S3.3Na/c1-57-30-9-5-4-8-29(30)42-44-35-33(60(54,55)56)19-21-17-23(11-13-25(21)37(35)46)40-38(47)39-22-10-12-24-20(16-22)18-32(59(51,52)53)34(36(24)45)43-41-28-14-15-31(58(48,49)50)27-7-3-2-6-26(27)28;;;/h2-19,41-42H,1H3,(H2,39,40,47)(H,48,49,50)(H,51,52,53)(H,54,55,56);;;/q;3*+1/p-3/b43-34-,44-35-;;;. The van der Waals surface area contributed by atoms with Crippen molar-refractivity contribution >= 4 is 105 Å². The summed E-state index contributed by atoms with van der Waals surface area (Å²) in [7, 11) is -14.1. The Balaban J connectivity index is 0.00000290. The van der Waals surface area contributed by atoms with Crippen LogP contribution in [0.15, 0.2) is 122 Å². The van der Waals surface area contributed by atoms with Gasteiger partial charge in [-0.15, -0.1) is 0 Å². The number of hydrogen-bond donors (Lipinski definition) is 4. The van der Waals surface area contributed by atoms with Crippen LogP contribution in [0.4, 0.5) is 27.5 Å². The number of hydrazone groups is 2. The van der Waals surface area contributed by atoms with Crippen LogP contribution >= 0.6 is 0 Å². The van der Waals surface area contributed by atoms with Gasteiger partial charge in [-0.3, -0.25) is 20.4 Å². The zero-order valence-electron chi connectivity index (χ0n) is 33.3. The summed E-state index contributed by atoms with van der Waals surface area (Å²) >= 11 is 0. The molecule has 5 aromatic rings. The van der Waals surface area contributed by atoms with Gasteiger partial charge in [0.05, 0.1) is 33.2 Å². The van der Waals surface area contributed by atoms with Crippen LogP contribution in [-0.4, -0.2) is 75.0 Å². The van der Waals surface area contributed by atoms with Crippen molar-refractivity contribution in [2.45, 2.75) is 4.90 Å². The van der Waals surface area contributed by atoms with Crippen molar-refractivity contribution in [3.63, 3.8) is 0 Å². The van der Waals surface area contributed by atoms with Gasteiger partial charge >= 0.3 is 94.7 Å². The summed E-state index contributed by atoms with van der Waals surface area (Å²) in [5, 5.41) is 13.0. The van der Waals surface area contributed by atoms with Gasteiger partial charge in [0.1, 0.15) is 47.5 Å². The van der Waals surface area contributed by atoms with Crippen molar-refractivity contribution in [2.24, 2.45) is 10.2 Å². The van der Waals surface area contributed by atoms with E-state index in [0.29, 0.717) is 5.75 Å². The van der Waals surface area contributed by atoms with Gasteiger partial charge in [-0.1, -0.05) is 36.4 Å². The number of hydrogen-bond acceptors (Lipinski definition) is 17. The van der Waals surface area contributed by atoms with Gasteiger partial charge in [0, 0.05) is 33.3 Å². The van der Waals surface area contributed by atoms with Gasteiger partial charge in [-0.05, 0) is 83.9 Å². The third-order valence-corrected chi connectivity index (χ3v) is 11.5. The monoisotopic (exact) mass is 938 g/mol. The Bertz CT molecular complexity index is 3200. The fraction of sp³-hybridized carbons (Fsp3) is 0.0263. The molecule has 5 aromatic carbocycles. The number of ketones is 2. The molecule has 0 spiro atoms. The van der Waals surface area contributed by atoms with Gasteiger partial charge in [0.25, 0.3) is 0 Å². The molecule has 63 heavy (non-hydrogen) atoms. The molecule has 2 aliphatic carbocycles. The summed E-state index contributed by atoms with van der Waals surface area (Å²) < 4.78 is 114. The normalized spacial score (nSPS) is 14.7. The first kappa shape index (κ1) is 51.6. The van der Waals surface area contributed by atoms with Crippen LogP contribution in [0, 0.1) is 0 Å². The predicted molar refractivity (Wildman–Crippen MR) is 217 cm³/mol. The Hall–Kier alpha value is -4.08. The number of carbonyl (C=O) groups is 3. The van der Waals surface area contributed by atoms with E-state index < -0.39 is 74.1 Å². The number of nitrogens with zero attached hydrogens (tertiary/aromatic N) is 2. The summed E-state index contributed by atoms with van der Waals surface area (Å²) in [5.41, 5.74) is 3.73. The van der Waals surface area contributed by atoms with E-state index in [1.54, 1.807) is 24.3 Å². The molecule has 0 aliphatic heterocycles. The van der Waals surface area contributed by atoms with E-state index in [1.807, 2.05) is 0 Å². The number of nitrogens with one attached hydrogen (secondary N) is 4. The number of para-hydroxylation sites is 2. The molecule has 0 saturated heterocycles. The molecule has 4 N–H and O–H groups in total. The first-order chi connectivity index (χ1) is 28.3. The molecule has 0 unspecified atom stereocenters. The number of fused-ring (bicyclic) bond motifs is 3. The average Bonchev–Trinajstić information content (AvgIpc) is 3.18. The SMILES string of the molecule is COc1ccccc1N/N=C1\C(=O)c2ccc(NC(=O)Nc3ccc4c(c3)C=C(S(=O)(=O)[O-])/C(=N/Nc3ccc(S(=O)(=O)[O-])c5ccccc35)C4=O)cc2C=C1S(=O)(=O)[O-].[Na+].[Na+].[Na+]. The molecule has 0 saturated carbocycles. The molecule has 0 radical (unpaired) electrons. The molecule has 25 heteroatoms. The van der Waals surface area contributed by atoms with Gasteiger partial charge in [-0.2, -0.15) is 10.2 Å². The number of urea groups is 1. The van der Waals surface area contributed by atoms with Crippen molar-refractivity contribution in [2.75, 3.05) is 28.6 Å². The summed E-state index contributed by atoms with van der Waals surface area (Å²) in [5.74, 6) is -1.57. The van der Waals surface area contributed by atoms with Crippen LogP contribution in [0.3, 0.4) is 0 Å². The molecule has 0 aromatic heterocycles. The Morgan fingerprint density at radius 2 is 1.03 bits per heavy atom. The quantitative estimate of drug-likeness (QED) is 0.0583. The molecule has 19 nitrogen and oxygen atoms in total. The Morgan fingerprint density at radius 3 is 1.51 bits per heavy atom. The minimum absolute atomic E-state index is 0. The first-order valence-corrected chi connectivity index (χ1v) is 21.2. The first-order valence-electron chi connectivity index (χ1n) is 16.9. The van der Waals surface area contributed by atoms with E-state index in [-0.39, 0.29) is 144 Å². The maximum Gasteiger partial charge on any atom is 1.00 e. The molecule has 7 rings (SSSR count). The topological polar surface area (TPSA) is 305 Å². The van der Waals surface area contributed by atoms with Crippen LogP contribution in [0.25, 0.3) is 22.9 Å². The van der Waals surface area contributed by atoms with E-state index >= 15 is 0 Å². The van der Waals surface area contributed by atoms with Crippen molar-refractivity contribution in [1.82, 2.24) is 0 Å². The van der Waals surface area contributed by atoms with Crippen LogP contribution < -0.4 is 115 Å². The van der Waals surface area contributed by atoms with Gasteiger partial charge in [0.2, 0.25) is 11.6 Å². The van der Waals surface area contributed by atoms with Crippen LogP contribution in [0.2, 0.25) is 0 Å². The van der Waals surface area contributed by atoms with Gasteiger partial charge < -0.3 is 29.0 Å². The minimum Gasteiger partial charge on any atom is -0.744 e. The molecule has 306 valence electrons. The second kappa shape index (κ2) is 20.4. The fourth-order valence-corrected chi connectivity index (χ4v) is 8.25. The average molecular weight is 939 g/mol. The molecule has 0 heterocycles. The number of rotatable bonds is 10. The minimum atomic E-state index is -5.35. The summed E-state index contributed by atoms with van der Waals surface area (Å²) in [6.45, 7) is 0. The van der Waals surface area contributed by atoms with Gasteiger partial charge in [-0.25, -0.2) is 30.0 Å². The van der Waals surface area contributed by atoms with E-state index in [0.717, 1.165) is 18.2 Å². The zero-order valence-corrected chi connectivity index (χ0v) is 41.8. The third kappa shape index (κ3) is 11.2. The second-order valence-corrected chi connectivity index (χ2v) is 16.8. The largest absolute Gasteiger partial charge is 1.00 e. The summed E-state index contributed by atoms with van der Waals surface area (Å²) in [4.78, 5) is 37.5. The third-order valence-electron chi connectivity index (χ3n) is 8.95. The number of allylic oxidation sites excluding steroid dienone is 2. The van der Waals surface area contributed by atoms with E-state index in [4.69, 9.17) is 4.74 Å². The number of methoxy groups -OCH3 is 1. The molecule has 2 aliphatic rings. The molecular weight excluding hydrogens is 914 g/mol. The Morgan fingerprint density at radius 1 is 0.571 bits per heavy atom. The van der Waals surface area contributed by atoms with Crippen molar-refractivity contribution in [3.05, 3.63) is 129 Å². The Kier molecular flexibility index (Phi) is 16.7. The van der Waals surface area contributed by atoms with Crippen molar-refractivity contribution in [1.29, 1.82) is 0 Å². The molecule has 0 bridgehead atoms. The second-order valence-electron chi connectivity index (χ2n) is 12.7. The predicted octanol–water partition coefficient (Wildman–Crippen LogP) is -4.49. The van der Waals surface area contributed by atoms with E-state index in [9.17, 15) is 53.3 Å². The molecule has 0 atom stereocenters. The fourth-order valence-electron chi connectivity index (χ4n) is 6.27. The number of ether oxygens (including phenoxy) is 1. The molecule has 0 fully saturated rings. The number of amides is 2. The summed E-state index contributed by atoms with van der Waals surface area (Å²) in [6, 6.07) is 21.1. The van der Waals surface area contributed by atoms with Crippen LogP contribution in [-0.2, 0) is 30.4 Å². The molecule has 2 amide bonds. The van der Waals surface area contributed by atoms with E-state index in [1.165, 1.54) is 73.8 Å². The number of carbonyl (C=O) groups excluding carboxylic acids is 3.